The summed E-state index contributed by atoms with van der Waals surface area (Å²) in [5.74, 6) is 1.13. The molecule has 4 nitrogen and oxygen atoms in total. The maximum Gasteiger partial charge on any atom is 0.224 e. The Labute approximate surface area is 161 Å². The van der Waals surface area contributed by atoms with Crippen molar-refractivity contribution in [3.05, 3.63) is 65.5 Å². The molecule has 3 aromatic rings. The number of unbranched alkanes of at least 4 members (excludes halogenated alkanes) is 2. The number of nitrogens with zero attached hydrogens (tertiary/aromatic N) is 2. The summed E-state index contributed by atoms with van der Waals surface area (Å²) in [6, 6.07) is 16.3. The minimum Gasteiger partial charge on any atom is -0.355 e. The number of aryl methyl sites for hydroxylation is 2. The molecule has 4 heteroatoms. The Kier molecular flexibility index (Phi) is 6.64. The predicted molar refractivity (Wildman–Crippen MR) is 111 cm³/mol. The van der Waals surface area contributed by atoms with Crippen LogP contribution in [0.1, 0.15) is 43.1 Å². The van der Waals surface area contributed by atoms with Crippen LogP contribution in [0.4, 0.5) is 0 Å². The van der Waals surface area contributed by atoms with Crippen LogP contribution in [0, 0.1) is 6.92 Å². The van der Waals surface area contributed by atoms with Gasteiger partial charge in [-0.1, -0.05) is 56.2 Å². The molecular weight excluding hydrogens is 334 g/mol. The smallest absolute Gasteiger partial charge is 0.224 e. The maximum atomic E-state index is 12.3. The fraction of sp³-hybridized carbons (Fsp3) is 0.391. The fourth-order valence-electron chi connectivity index (χ4n) is 3.44. The summed E-state index contributed by atoms with van der Waals surface area (Å²) in [7, 11) is 0. The van der Waals surface area contributed by atoms with Crippen LogP contribution in [0.15, 0.2) is 48.5 Å². The zero-order chi connectivity index (χ0) is 19.1. The average molecular weight is 364 g/mol. The first kappa shape index (κ1) is 19.2. The summed E-state index contributed by atoms with van der Waals surface area (Å²) < 4.78 is 2.32. The zero-order valence-electron chi connectivity index (χ0n) is 16.4. The molecular formula is C23H29N3O. The van der Waals surface area contributed by atoms with Crippen molar-refractivity contribution in [1.82, 2.24) is 14.9 Å². The summed E-state index contributed by atoms with van der Waals surface area (Å²) in [5.41, 5.74) is 4.47. The van der Waals surface area contributed by atoms with Gasteiger partial charge in [0, 0.05) is 19.5 Å². The minimum atomic E-state index is 0.0675. The van der Waals surface area contributed by atoms with Gasteiger partial charge in [0.2, 0.25) is 5.91 Å². The van der Waals surface area contributed by atoms with E-state index in [2.05, 4.69) is 35.0 Å². The second-order valence-electron chi connectivity index (χ2n) is 7.08. The SMILES string of the molecule is CCCCCn1c(CCNC(=O)Cc2ccccc2C)nc2ccccc21. The quantitative estimate of drug-likeness (QED) is 0.572. The molecule has 142 valence electrons. The van der Waals surface area contributed by atoms with E-state index in [1.54, 1.807) is 0 Å². The Hall–Kier alpha value is -2.62. The van der Waals surface area contributed by atoms with Gasteiger partial charge in [-0.3, -0.25) is 4.79 Å². The van der Waals surface area contributed by atoms with Crippen LogP contribution in [0.25, 0.3) is 11.0 Å². The molecule has 2 aromatic carbocycles. The van der Waals surface area contributed by atoms with Gasteiger partial charge in [0.15, 0.2) is 0 Å². The lowest BCUT2D eigenvalue weighted by Crippen LogP contribution is -2.28. The van der Waals surface area contributed by atoms with E-state index in [-0.39, 0.29) is 5.91 Å². The van der Waals surface area contributed by atoms with Gasteiger partial charge < -0.3 is 9.88 Å². The third kappa shape index (κ3) is 4.97. The van der Waals surface area contributed by atoms with Crippen LogP contribution in [-0.2, 0) is 24.2 Å². The van der Waals surface area contributed by atoms with E-state index >= 15 is 0 Å². The molecule has 0 saturated carbocycles. The Morgan fingerprint density at radius 2 is 1.85 bits per heavy atom. The molecule has 0 unspecified atom stereocenters. The standard InChI is InChI=1S/C23H29N3O/c1-3-4-9-16-26-21-13-8-7-12-20(21)25-22(26)14-15-24-23(27)17-19-11-6-5-10-18(19)2/h5-8,10-13H,3-4,9,14-17H2,1-2H3,(H,24,27). The molecule has 0 bridgehead atoms. The normalized spacial score (nSPS) is 11.0. The molecule has 0 radical (unpaired) electrons. The lowest BCUT2D eigenvalue weighted by atomic mass is 10.1. The highest BCUT2D eigenvalue weighted by Crippen LogP contribution is 2.17. The number of rotatable bonds is 9. The first-order chi connectivity index (χ1) is 13.2. The first-order valence-electron chi connectivity index (χ1n) is 9.94. The van der Waals surface area contributed by atoms with Crippen LogP contribution < -0.4 is 5.32 Å². The predicted octanol–water partition coefficient (Wildman–Crippen LogP) is 4.44. The van der Waals surface area contributed by atoms with E-state index in [0.717, 1.165) is 41.9 Å². The lowest BCUT2D eigenvalue weighted by molar-refractivity contribution is -0.120. The van der Waals surface area contributed by atoms with Gasteiger partial charge in [-0.25, -0.2) is 4.98 Å². The van der Waals surface area contributed by atoms with Crippen molar-refractivity contribution in [3.8, 4) is 0 Å². The van der Waals surface area contributed by atoms with E-state index in [4.69, 9.17) is 4.98 Å². The molecule has 0 aliphatic rings. The van der Waals surface area contributed by atoms with Crippen molar-refractivity contribution in [2.45, 2.75) is 52.5 Å². The number of amides is 1. The Balaban J connectivity index is 1.61. The van der Waals surface area contributed by atoms with Crippen LogP contribution in [-0.4, -0.2) is 22.0 Å². The number of hydrogen-bond donors (Lipinski definition) is 1. The van der Waals surface area contributed by atoms with Crippen molar-refractivity contribution in [2.24, 2.45) is 0 Å². The number of benzene rings is 2. The number of carbonyl (C=O) groups is 1. The summed E-state index contributed by atoms with van der Waals surface area (Å²) in [6.07, 6.45) is 4.76. The van der Waals surface area contributed by atoms with Crippen LogP contribution in [0.2, 0.25) is 0 Å². The van der Waals surface area contributed by atoms with E-state index in [1.807, 2.05) is 37.3 Å². The van der Waals surface area contributed by atoms with E-state index < -0.39 is 0 Å². The Morgan fingerprint density at radius 1 is 1.07 bits per heavy atom. The highest BCUT2D eigenvalue weighted by atomic mass is 16.1. The first-order valence-corrected chi connectivity index (χ1v) is 9.94. The number of nitrogens with one attached hydrogen (secondary N) is 1. The molecule has 1 heterocycles. The molecule has 0 spiro atoms. The molecule has 27 heavy (non-hydrogen) atoms. The molecule has 1 amide bonds. The number of hydrogen-bond acceptors (Lipinski definition) is 2. The van der Waals surface area contributed by atoms with Crippen LogP contribution >= 0.6 is 0 Å². The monoisotopic (exact) mass is 363 g/mol. The largest absolute Gasteiger partial charge is 0.355 e. The van der Waals surface area contributed by atoms with Gasteiger partial charge >= 0.3 is 0 Å². The van der Waals surface area contributed by atoms with Gasteiger partial charge in [0.1, 0.15) is 5.82 Å². The van der Waals surface area contributed by atoms with E-state index in [0.29, 0.717) is 13.0 Å². The lowest BCUT2D eigenvalue weighted by Gasteiger charge is -2.10. The van der Waals surface area contributed by atoms with Crippen LogP contribution in [0.3, 0.4) is 0 Å². The number of carbonyl (C=O) groups excluding carboxylic acids is 1. The third-order valence-electron chi connectivity index (χ3n) is 5.00. The summed E-state index contributed by atoms with van der Waals surface area (Å²) >= 11 is 0. The van der Waals surface area contributed by atoms with Crippen molar-refractivity contribution in [1.29, 1.82) is 0 Å². The highest BCUT2D eigenvalue weighted by molar-refractivity contribution is 5.79. The Bertz CT molecular complexity index is 898. The second-order valence-corrected chi connectivity index (χ2v) is 7.08. The topological polar surface area (TPSA) is 46.9 Å². The number of imidazole rings is 1. The third-order valence-corrected chi connectivity index (χ3v) is 5.00. The fourth-order valence-corrected chi connectivity index (χ4v) is 3.44. The summed E-state index contributed by atoms with van der Waals surface area (Å²) in [6.45, 7) is 5.86. The number of fused-ring (bicyclic) bond motifs is 1. The maximum absolute atomic E-state index is 12.3. The molecule has 0 saturated heterocycles. The van der Waals surface area contributed by atoms with Crippen molar-refractivity contribution >= 4 is 16.9 Å². The second kappa shape index (κ2) is 9.36. The molecule has 0 atom stereocenters. The molecule has 0 fully saturated rings. The molecule has 1 N–H and O–H groups in total. The number of para-hydroxylation sites is 2. The highest BCUT2D eigenvalue weighted by Gasteiger charge is 2.11. The molecule has 3 rings (SSSR count). The average Bonchev–Trinajstić information content (AvgIpc) is 3.01. The van der Waals surface area contributed by atoms with Crippen molar-refractivity contribution in [2.75, 3.05) is 6.54 Å². The van der Waals surface area contributed by atoms with Gasteiger partial charge in [0.05, 0.1) is 17.5 Å². The van der Waals surface area contributed by atoms with E-state index in [9.17, 15) is 4.79 Å². The molecule has 0 aliphatic carbocycles. The molecule has 1 aromatic heterocycles. The van der Waals surface area contributed by atoms with Gasteiger partial charge in [-0.05, 0) is 36.6 Å². The number of aromatic nitrogens is 2. The Morgan fingerprint density at radius 3 is 2.67 bits per heavy atom. The van der Waals surface area contributed by atoms with Gasteiger partial charge in [-0.2, -0.15) is 0 Å². The zero-order valence-corrected chi connectivity index (χ0v) is 16.4. The molecule has 0 aliphatic heterocycles. The van der Waals surface area contributed by atoms with E-state index in [1.165, 1.54) is 18.4 Å². The van der Waals surface area contributed by atoms with Crippen LogP contribution in [0.5, 0.6) is 0 Å². The van der Waals surface area contributed by atoms with Crippen molar-refractivity contribution in [3.63, 3.8) is 0 Å². The minimum absolute atomic E-state index is 0.0675. The summed E-state index contributed by atoms with van der Waals surface area (Å²) in [4.78, 5) is 17.1. The van der Waals surface area contributed by atoms with Gasteiger partial charge in [0.25, 0.3) is 0 Å². The summed E-state index contributed by atoms with van der Waals surface area (Å²) in [5, 5.41) is 3.05. The van der Waals surface area contributed by atoms with Gasteiger partial charge in [-0.15, -0.1) is 0 Å². The van der Waals surface area contributed by atoms with Crippen molar-refractivity contribution < 1.29 is 4.79 Å².